The summed E-state index contributed by atoms with van der Waals surface area (Å²) in [7, 11) is 1.80. The second-order valence-electron chi connectivity index (χ2n) is 6.28. The van der Waals surface area contributed by atoms with Gasteiger partial charge in [0.05, 0.1) is 0 Å². The standard InChI is InChI=1S/C19H19N3O4/c1-21-9-2-10-22(19(21)24)15-6-4-14(5-7-15)20-18(23)13-3-8-16-17(11-13)26-12-25-16/h3-8,11H,2,9-10,12H2,1H3,(H,20,23). The SMILES string of the molecule is CN1CCCN(c2ccc(NC(=O)c3ccc4c(c3)OCO4)cc2)C1=O. The van der Waals surface area contributed by atoms with E-state index in [1.165, 1.54) is 0 Å². The van der Waals surface area contributed by atoms with Crippen LogP contribution in [0.15, 0.2) is 42.5 Å². The van der Waals surface area contributed by atoms with E-state index in [2.05, 4.69) is 5.32 Å². The van der Waals surface area contributed by atoms with Crippen molar-refractivity contribution >= 4 is 23.3 Å². The Bertz CT molecular complexity index is 850. The van der Waals surface area contributed by atoms with Gasteiger partial charge in [-0.3, -0.25) is 9.69 Å². The summed E-state index contributed by atoms with van der Waals surface area (Å²) in [6, 6.07) is 12.3. The van der Waals surface area contributed by atoms with E-state index >= 15 is 0 Å². The first kappa shape index (κ1) is 16.3. The van der Waals surface area contributed by atoms with Crippen molar-refractivity contribution in [1.82, 2.24) is 4.90 Å². The van der Waals surface area contributed by atoms with Gasteiger partial charge in [0.25, 0.3) is 5.91 Å². The zero-order chi connectivity index (χ0) is 18.1. The maximum absolute atomic E-state index is 12.4. The third kappa shape index (κ3) is 3.03. The third-order valence-corrected chi connectivity index (χ3v) is 4.50. The molecule has 0 unspecified atom stereocenters. The van der Waals surface area contributed by atoms with Gasteiger partial charge in [0.15, 0.2) is 11.5 Å². The van der Waals surface area contributed by atoms with Gasteiger partial charge >= 0.3 is 6.03 Å². The Balaban J connectivity index is 1.45. The molecule has 134 valence electrons. The number of fused-ring (bicyclic) bond motifs is 1. The summed E-state index contributed by atoms with van der Waals surface area (Å²) in [5.41, 5.74) is 1.98. The monoisotopic (exact) mass is 353 g/mol. The molecular weight excluding hydrogens is 334 g/mol. The fourth-order valence-corrected chi connectivity index (χ4v) is 3.07. The van der Waals surface area contributed by atoms with Crippen molar-refractivity contribution in [3.8, 4) is 11.5 Å². The Kier molecular flexibility index (Phi) is 4.12. The minimum Gasteiger partial charge on any atom is -0.454 e. The molecule has 0 saturated carbocycles. The molecule has 4 rings (SSSR count). The molecule has 0 aromatic heterocycles. The number of rotatable bonds is 3. The minimum absolute atomic E-state index is 0.00612. The van der Waals surface area contributed by atoms with Gasteiger partial charge in [-0.05, 0) is 48.9 Å². The number of nitrogens with zero attached hydrogens (tertiary/aromatic N) is 2. The molecule has 2 heterocycles. The van der Waals surface area contributed by atoms with Gasteiger partial charge < -0.3 is 19.7 Å². The summed E-state index contributed by atoms with van der Waals surface area (Å²) in [5, 5.41) is 2.85. The largest absolute Gasteiger partial charge is 0.454 e. The van der Waals surface area contributed by atoms with Gasteiger partial charge in [-0.1, -0.05) is 0 Å². The highest BCUT2D eigenvalue weighted by molar-refractivity contribution is 6.05. The predicted molar refractivity (Wildman–Crippen MR) is 96.9 cm³/mol. The molecule has 0 radical (unpaired) electrons. The molecule has 26 heavy (non-hydrogen) atoms. The van der Waals surface area contributed by atoms with E-state index in [0.717, 1.165) is 18.7 Å². The molecule has 2 aromatic carbocycles. The summed E-state index contributed by atoms with van der Waals surface area (Å²) >= 11 is 0. The molecule has 2 aliphatic heterocycles. The minimum atomic E-state index is -0.232. The van der Waals surface area contributed by atoms with Gasteiger partial charge in [0.2, 0.25) is 6.79 Å². The molecule has 0 atom stereocenters. The van der Waals surface area contributed by atoms with Crippen LogP contribution in [-0.4, -0.2) is 43.8 Å². The summed E-state index contributed by atoms with van der Waals surface area (Å²) < 4.78 is 10.5. The van der Waals surface area contributed by atoms with Crippen molar-refractivity contribution in [3.63, 3.8) is 0 Å². The number of hydrogen-bond donors (Lipinski definition) is 1. The molecule has 2 aromatic rings. The molecular formula is C19H19N3O4. The Morgan fingerprint density at radius 3 is 2.62 bits per heavy atom. The van der Waals surface area contributed by atoms with E-state index in [-0.39, 0.29) is 18.7 Å². The average Bonchev–Trinajstić information content (AvgIpc) is 3.12. The number of hydrogen-bond acceptors (Lipinski definition) is 4. The van der Waals surface area contributed by atoms with Crippen molar-refractivity contribution in [2.24, 2.45) is 0 Å². The predicted octanol–water partition coefficient (Wildman–Crippen LogP) is 2.93. The molecule has 1 N–H and O–H groups in total. The Morgan fingerprint density at radius 1 is 1.04 bits per heavy atom. The normalized spacial score (nSPS) is 16.0. The first-order valence-corrected chi connectivity index (χ1v) is 8.45. The molecule has 0 spiro atoms. The van der Waals surface area contributed by atoms with Gasteiger partial charge in [-0.2, -0.15) is 0 Å². The summed E-state index contributed by atoms with van der Waals surface area (Å²) in [6.45, 7) is 1.65. The number of ether oxygens (including phenoxy) is 2. The third-order valence-electron chi connectivity index (χ3n) is 4.50. The number of carbonyl (C=O) groups excluding carboxylic acids is 2. The number of urea groups is 1. The van der Waals surface area contributed by atoms with E-state index in [1.54, 1.807) is 47.2 Å². The lowest BCUT2D eigenvalue weighted by Gasteiger charge is -2.33. The highest BCUT2D eigenvalue weighted by Crippen LogP contribution is 2.32. The molecule has 0 bridgehead atoms. The molecule has 7 heteroatoms. The lowest BCUT2D eigenvalue weighted by Crippen LogP contribution is -2.47. The van der Waals surface area contributed by atoms with Crippen LogP contribution in [-0.2, 0) is 0 Å². The fraction of sp³-hybridized carbons (Fsp3) is 0.263. The highest BCUT2D eigenvalue weighted by Gasteiger charge is 2.23. The molecule has 2 aliphatic rings. The van der Waals surface area contributed by atoms with Crippen LogP contribution >= 0.6 is 0 Å². The molecule has 3 amide bonds. The van der Waals surface area contributed by atoms with Gasteiger partial charge in [0.1, 0.15) is 0 Å². The lowest BCUT2D eigenvalue weighted by molar-refractivity contribution is 0.102. The van der Waals surface area contributed by atoms with Gasteiger partial charge in [-0.25, -0.2) is 4.79 Å². The Morgan fingerprint density at radius 2 is 1.81 bits per heavy atom. The first-order chi connectivity index (χ1) is 12.6. The molecule has 1 fully saturated rings. The van der Waals surface area contributed by atoms with Crippen LogP contribution in [0, 0.1) is 0 Å². The van der Waals surface area contributed by atoms with E-state index in [9.17, 15) is 9.59 Å². The van der Waals surface area contributed by atoms with Crippen LogP contribution in [0.2, 0.25) is 0 Å². The van der Waals surface area contributed by atoms with Crippen LogP contribution in [0.1, 0.15) is 16.8 Å². The molecule has 0 aliphatic carbocycles. The maximum atomic E-state index is 12.4. The number of anilines is 2. The van der Waals surface area contributed by atoms with E-state index in [0.29, 0.717) is 29.3 Å². The van der Waals surface area contributed by atoms with Crippen molar-refractivity contribution in [2.45, 2.75) is 6.42 Å². The van der Waals surface area contributed by atoms with Crippen molar-refractivity contribution in [2.75, 3.05) is 37.1 Å². The number of amides is 3. The van der Waals surface area contributed by atoms with Crippen LogP contribution < -0.4 is 19.7 Å². The van der Waals surface area contributed by atoms with Gasteiger partial charge in [-0.15, -0.1) is 0 Å². The number of carbonyl (C=O) groups is 2. The Labute approximate surface area is 151 Å². The second kappa shape index (κ2) is 6.59. The zero-order valence-electron chi connectivity index (χ0n) is 14.4. The number of nitrogens with one attached hydrogen (secondary N) is 1. The van der Waals surface area contributed by atoms with Crippen LogP contribution in [0.4, 0.5) is 16.2 Å². The second-order valence-corrected chi connectivity index (χ2v) is 6.28. The topological polar surface area (TPSA) is 71.1 Å². The van der Waals surface area contributed by atoms with Crippen molar-refractivity contribution in [1.29, 1.82) is 0 Å². The first-order valence-electron chi connectivity index (χ1n) is 8.45. The van der Waals surface area contributed by atoms with Crippen LogP contribution in [0.5, 0.6) is 11.5 Å². The quantitative estimate of drug-likeness (QED) is 0.921. The van der Waals surface area contributed by atoms with Crippen molar-refractivity contribution < 1.29 is 19.1 Å². The van der Waals surface area contributed by atoms with Crippen LogP contribution in [0.25, 0.3) is 0 Å². The summed E-state index contributed by atoms with van der Waals surface area (Å²) in [4.78, 5) is 28.1. The maximum Gasteiger partial charge on any atom is 0.324 e. The van der Waals surface area contributed by atoms with E-state index in [4.69, 9.17) is 9.47 Å². The van der Waals surface area contributed by atoms with Crippen LogP contribution in [0.3, 0.4) is 0 Å². The van der Waals surface area contributed by atoms with E-state index < -0.39 is 0 Å². The highest BCUT2D eigenvalue weighted by atomic mass is 16.7. The molecule has 1 saturated heterocycles. The van der Waals surface area contributed by atoms with Gasteiger partial charge in [0, 0.05) is 37.1 Å². The zero-order valence-corrected chi connectivity index (χ0v) is 14.4. The fourth-order valence-electron chi connectivity index (χ4n) is 3.07. The number of benzene rings is 2. The van der Waals surface area contributed by atoms with E-state index in [1.807, 2.05) is 12.1 Å². The summed E-state index contributed by atoms with van der Waals surface area (Å²) in [6.07, 6.45) is 0.935. The van der Waals surface area contributed by atoms with Crippen molar-refractivity contribution in [3.05, 3.63) is 48.0 Å². The summed E-state index contributed by atoms with van der Waals surface area (Å²) in [5.74, 6) is 0.979. The Hall–Kier alpha value is -3.22. The lowest BCUT2D eigenvalue weighted by atomic mass is 10.1. The average molecular weight is 353 g/mol. The smallest absolute Gasteiger partial charge is 0.324 e. The molecule has 7 nitrogen and oxygen atoms in total.